The molecule has 1 heterocycles. The van der Waals surface area contributed by atoms with E-state index in [1.165, 1.54) is 6.26 Å². The van der Waals surface area contributed by atoms with Gasteiger partial charge >= 0.3 is 0 Å². The van der Waals surface area contributed by atoms with E-state index in [-0.39, 0.29) is 23.2 Å². The summed E-state index contributed by atoms with van der Waals surface area (Å²) in [6, 6.07) is 7.54. The zero-order chi connectivity index (χ0) is 16.7. The number of amides is 1. The maximum Gasteiger partial charge on any atom is 0.227 e. The molecule has 23 heavy (non-hydrogen) atoms. The van der Waals surface area contributed by atoms with Crippen molar-refractivity contribution in [1.29, 1.82) is 0 Å². The summed E-state index contributed by atoms with van der Waals surface area (Å²) in [6.07, 6.45) is 3.98. The zero-order valence-electron chi connectivity index (χ0n) is 13.6. The van der Waals surface area contributed by atoms with E-state index in [0.29, 0.717) is 13.0 Å². The Morgan fingerprint density at radius 1 is 1.35 bits per heavy atom. The molecule has 1 aromatic rings. The summed E-state index contributed by atoms with van der Waals surface area (Å²) < 4.78 is 29.1. The van der Waals surface area contributed by atoms with Crippen molar-refractivity contribution in [3.8, 4) is 5.75 Å². The van der Waals surface area contributed by atoms with Crippen LogP contribution in [0.5, 0.6) is 5.75 Å². The van der Waals surface area contributed by atoms with E-state index in [2.05, 4.69) is 0 Å². The van der Waals surface area contributed by atoms with E-state index in [0.717, 1.165) is 30.7 Å². The van der Waals surface area contributed by atoms with Gasteiger partial charge in [-0.1, -0.05) is 19.1 Å². The average Bonchev–Trinajstić information content (AvgIpc) is 3.22. The van der Waals surface area contributed by atoms with Crippen molar-refractivity contribution in [3.05, 3.63) is 24.3 Å². The molecular weight excluding hydrogens is 314 g/mol. The molecule has 1 fully saturated rings. The lowest BCUT2D eigenvalue weighted by atomic mass is 10.0. The van der Waals surface area contributed by atoms with Gasteiger partial charge in [0.1, 0.15) is 21.7 Å². The minimum atomic E-state index is -3.07. The van der Waals surface area contributed by atoms with Gasteiger partial charge in [-0.2, -0.15) is 0 Å². The first-order chi connectivity index (χ1) is 10.8. The molecule has 0 radical (unpaired) electrons. The normalized spacial score (nSPS) is 22.2. The molecule has 1 atom stereocenters. The zero-order valence-corrected chi connectivity index (χ0v) is 14.4. The van der Waals surface area contributed by atoms with Crippen LogP contribution < -0.4 is 9.64 Å². The summed E-state index contributed by atoms with van der Waals surface area (Å²) in [5.41, 5.74) is 0.442. The fourth-order valence-corrected chi connectivity index (χ4v) is 4.77. The first-order valence-corrected chi connectivity index (χ1v) is 10.1. The highest BCUT2D eigenvalue weighted by atomic mass is 32.2. The minimum absolute atomic E-state index is 0.000324. The van der Waals surface area contributed by atoms with E-state index in [9.17, 15) is 13.2 Å². The molecule has 2 aliphatic rings. The number of anilines is 1. The highest BCUT2D eigenvalue weighted by Crippen LogP contribution is 2.50. The van der Waals surface area contributed by atoms with E-state index in [1.807, 2.05) is 31.2 Å². The van der Waals surface area contributed by atoms with Gasteiger partial charge in [0.2, 0.25) is 5.91 Å². The number of ether oxygens (including phenoxy) is 1. The third-order valence-corrected chi connectivity index (χ3v) is 5.78. The Morgan fingerprint density at radius 2 is 2.04 bits per heavy atom. The van der Waals surface area contributed by atoms with Gasteiger partial charge in [0, 0.05) is 12.7 Å². The Labute approximate surface area is 137 Å². The van der Waals surface area contributed by atoms with Crippen molar-refractivity contribution < 1.29 is 17.9 Å². The van der Waals surface area contributed by atoms with Crippen LogP contribution in [-0.2, 0) is 14.6 Å². The van der Waals surface area contributed by atoms with Crippen LogP contribution in [0.25, 0.3) is 0 Å². The second kappa shape index (κ2) is 5.82. The monoisotopic (exact) mass is 337 g/mol. The minimum Gasteiger partial charge on any atom is -0.486 e. The number of hydrogen-bond acceptors (Lipinski definition) is 4. The van der Waals surface area contributed by atoms with Crippen LogP contribution in [0.4, 0.5) is 5.69 Å². The predicted molar refractivity (Wildman–Crippen MR) is 89.5 cm³/mol. The first-order valence-electron chi connectivity index (χ1n) is 8.06. The molecule has 0 N–H and O–H groups in total. The number of benzene rings is 1. The molecule has 1 aliphatic heterocycles. The summed E-state index contributed by atoms with van der Waals surface area (Å²) in [5.74, 6) is 0.835. The van der Waals surface area contributed by atoms with Gasteiger partial charge in [-0.05, 0) is 36.8 Å². The number of carbonyl (C=O) groups excluding carboxylic acids is 1. The van der Waals surface area contributed by atoms with Crippen LogP contribution in [0.2, 0.25) is 0 Å². The maximum atomic E-state index is 12.8. The number of nitrogens with zero attached hydrogens (tertiary/aromatic N) is 1. The lowest BCUT2D eigenvalue weighted by molar-refractivity contribution is -0.120. The summed E-state index contributed by atoms with van der Waals surface area (Å²) >= 11 is 0. The molecule has 0 bridgehead atoms. The summed E-state index contributed by atoms with van der Waals surface area (Å²) in [4.78, 5) is 14.6. The Kier molecular flexibility index (Phi) is 4.12. The number of hydrogen-bond donors (Lipinski definition) is 0. The van der Waals surface area contributed by atoms with Gasteiger partial charge in [0.05, 0.1) is 18.0 Å². The van der Waals surface area contributed by atoms with E-state index < -0.39 is 9.84 Å². The van der Waals surface area contributed by atoms with Gasteiger partial charge in [-0.15, -0.1) is 0 Å². The van der Waals surface area contributed by atoms with Gasteiger partial charge in [0.25, 0.3) is 0 Å². The van der Waals surface area contributed by atoms with Crippen LogP contribution >= 0.6 is 0 Å². The van der Waals surface area contributed by atoms with Crippen molar-refractivity contribution in [1.82, 2.24) is 0 Å². The quantitative estimate of drug-likeness (QED) is 0.828. The van der Waals surface area contributed by atoms with Crippen molar-refractivity contribution in [3.63, 3.8) is 0 Å². The molecule has 5 nitrogen and oxygen atoms in total. The summed E-state index contributed by atoms with van der Waals surface area (Å²) in [7, 11) is -3.07. The second-order valence-corrected chi connectivity index (χ2v) is 9.01. The van der Waals surface area contributed by atoms with Crippen molar-refractivity contribution in [2.45, 2.75) is 38.7 Å². The molecule has 0 aromatic heterocycles. The molecule has 0 spiro atoms. The molecule has 0 saturated heterocycles. The van der Waals surface area contributed by atoms with Crippen LogP contribution in [0.3, 0.4) is 0 Å². The first kappa shape index (κ1) is 16.3. The van der Waals surface area contributed by atoms with E-state index in [1.54, 1.807) is 4.90 Å². The molecule has 1 aliphatic carbocycles. The Hall–Kier alpha value is -1.56. The fraction of sp³-hybridized carbons (Fsp3) is 0.588. The number of rotatable bonds is 5. The van der Waals surface area contributed by atoms with Crippen molar-refractivity contribution in [2.75, 3.05) is 23.5 Å². The van der Waals surface area contributed by atoms with Gasteiger partial charge < -0.3 is 9.64 Å². The molecule has 1 saturated carbocycles. The van der Waals surface area contributed by atoms with Crippen molar-refractivity contribution >= 4 is 21.4 Å². The Bertz CT molecular complexity index is 709. The van der Waals surface area contributed by atoms with Gasteiger partial charge in [0.15, 0.2) is 0 Å². The van der Waals surface area contributed by atoms with Crippen LogP contribution in [0.15, 0.2) is 24.3 Å². The second-order valence-electron chi connectivity index (χ2n) is 6.87. The largest absolute Gasteiger partial charge is 0.486 e. The van der Waals surface area contributed by atoms with Crippen molar-refractivity contribution in [2.24, 2.45) is 5.41 Å². The summed E-state index contributed by atoms with van der Waals surface area (Å²) in [5, 5.41) is 0. The van der Waals surface area contributed by atoms with Gasteiger partial charge in [-0.3, -0.25) is 4.79 Å². The third-order valence-electron chi connectivity index (χ3n) is 4.64. The van der Waals surface area contributed by atoms with Crippen LogP contribution in [0, 0.1) is 5.41 Å². The van der Waals surface area contributed by atoms with Crippen LogP contribution in [-0.4, -0.2) is 39.0 Å². The maximum absolute atomic E-state index is 12.8. The molecule has 3 rings (SSSR count). The smallest absolute Gasteiger partial charge is 0.227 e. The SMILES string of the molecule is CCC1CN(C(=O)CC2(CS(C)(=O)=O)CC2)c2ccccc2O1. The predicted octanol–water partition coefficient (Wildman–Crippen LogP) is 2.41. The average molecular weight is 337 g/mol. The molecule has 1 aromatic carbocycles. The summed E-state index contributed by atoms with van der Waals surface area (Å²) in [6.45, 7) is 2.56. The topological polar surface area (TPSA) is 63.7 Å². The number of sulfone groups is 1. The Morgan fingerprint density at radius 3 is 2.65 bits per heavy atom. The number of carbonyl (C=O) groups is 1. The highest BCUT2D eigenvalue weighted by Gasteiger charge is 2.48. The lowest BCUT2D eigenvalue weighted by Crippen LogP contribution is -2.44. The van der Waals surface area contributed by atoms with Gasteiger partial charge in [-0.25, -0.2) is 8.42 Å². The molecule has 1 unspecified atom stereocenters. The molecular formula is C17H23NO4S. The number of para-hydroxylation sites is 2. The third kappa shape index (κ3) is 3.68. The fourth-order valence-electron chi connectivity index (χ4n) is 3.27. The molecule has 6 heteroatoms. The lowest BCUT2D eigenvalue weighted by Gasteiger charge is -2.35. The van der Waals surface area contributed by atoms with E-state index >= 15 is 0 Å². The standard InChI is InChI=1S/C17H23NO4S/c1-3-13-11-18(14-6-4-5-7-15(14)22-13)16(19)10-17(8-9-17)12-23(2,20)21/h4-7,13H,3,8-12H2,1-2H3. The molecule has 126 valence electrons. The van der Waals surface area contributed by atoms with E-state index in [4.69, 9.17) is 4.74 Å². The Balaban J connectivity index is 1.79. The molecule has 1 amide bonds. The van der Waals surface area contributed by atoms with Crippen LogP contribution in [0.1, 0.15) is 32.6 Å². The number of fused-ring (bicyclic) bond motifs is 1. The highest BCUT2D eigenvalue weighted by molar-refractivity contribution is 7.90.